The molecule has 6 heteroatoms. The highest BCUT2D eigenvalue weighted by Crippen LogP contribution is 2.17. The van der Waals surface area contributed by atoms with Crippen molar-refractivity contribution in [3.8, 4) is 5.75 Å². The Kier molecular flexibility index (Phi) is 5.58. The van der Waals surface area contributed by atoms with Gasteiger partial charge in [0.05, 0.1) is 19.0 Å². The van der Waals surface area contributed by atoms with Crippen LogP contribution < -0.4 is 9.46 Å². The fourth-order valence-corrected chi connectivity index (χ4v) is 2.35. The average molecular weight is 273 g/mol. The zero-order valence-corrected chi connectivity index (χ0v) is 11.4. The number of benzene rings is 1. The van der Waals surface area contributed by atoms with Gasteiger partial charge in [-0.3, -0.25) is 0 Å². The van der Waals surface area contributed by atoms with Crippen molar-refractivity contribution in [1.82, 2.24) is 4.72 Å². The standard InChI is InChI=1S/C12H19NO4S/c1-10(9-14)18(15,16)13-8-7-11-5-3-4-6-12(11)17-2/h3-6,10,13-14H,7-9H2,1-2H3. The number of methoxy groups -OCH3 is 1. The van der Waals surface area contributed by atoms with Crippen molar-refractivity contribution in [1.29, 1.82) is 0 Å². The summed E-state index contributed by atoms with van der Waals surface area (Å²) in [6.45, 7) is 1.36. The summed E-state index contributed by atoms with van der Waals surface area (Å²) < 4.78 is 30.9. The van der Waals surface area contributed by atoms with Crippen LogP contribution in [0.15, 0.2) is 24.3 Å². The van der Waals surface area contributed by atoms with Gasteiger partial charge in [0.15, 0.2) is 0 Å². The molecule has 1 rings (SSSR count). The van der Waals surface area contributed by atoms with Crippen LogP contribution in [0, 0.1) is 0 Å². The van der Waals surface area contributed by atoms with Gasteiger partial charge in [-0.15, -0.1) is 0 Å². The number of ether oxygens (including phenoxy) is 1. The highest BCUT2D eigenvalue weighted by atomic mass is 32.2. The molecule has 5 nitrogen and oxygen atoms in total. The number of hydrogen-bond acceptors (Lipinski definition) is 4. The van der Waals surface area contributed by atoms with Crippen molar-refractivity contribution in [2.75, 3.05) is 20.3 Å². The van der Waals surface area contributed by atoms with E-state index in [1.807, 2.05) is 24.3 Å². The van der Waals surface area contributed by atoms with Gasteiger partial charge in [-0.05, 0) is 25.0 Å². The summed E-state index contributed by atoms with van der Waals surface area (Å²) >= 11 is 0. The maximum Gasteiger partial charge on any atom is 0.216 e. The molecule has 0 bridgehead atoms. The van der Waals surface area contributed by atoms with E-state index in [0.717, 1.165) is 11.3 Å². The van der Waals surface area contributed by atoms with Crippen LogP contribution in [0.25, 0.3) is 0 Å². The van der Waals surface area contributed by atoms with E-state index in [4.69, 9.17) is 9.84 Å². The molecular formula is C12H19NO4S. The summed E-state index contributed by atoms with van der Waals surface area (Å²) in [6.07, 6.45) is 0.543. The predicted octanol–water partition coefficient (Wildman–Crippen LogP) is 0.538. The van der Waals surface area contributed by atoms with Crippen molar-refractivity contribution >= 4 is 10.0 Å². The van der Waals surface area contributed by atoms with Crippen molar-refractivity contribution in [2.45, 2.75) is 18.6 Å². The fourth-order valence-electron chi connectivity index (χ4n) is 1.48. The highest BCUT2D eigenvalue weighted by Gasteiger charge is 2.18. The van der Waals surface area contributed by atoms with E-state index in [2.05, 4.69) is 4.72 Å². The normalized spacial score (nSPS) is 13.3. The summed E-state index contributed by atoms with van der Waals surface area (Å²) in [5.41, 5.74) is 0.944. The number of aliphatic hydroxyl groups excluding tert-OH is 1. The Labute approximate surface area is 108 Å². The van der Waals surface area contributed by atoms with Crippen molar-refractivity contribution in [2.24, 2.45) is 0 Å². The van der Waals surface area contributed by atoms with Gasteiger partial charge in [-0.2, -0.15) is 0 Å². The van der Waals surface area contributed by atoms with Crippen LogP contribution >= 0.6 is 0 Å². The van der Waals surface area contributed by atoms with E-state index in [0.29, 0.717) is 6.42 Å². The second kappa shape index (κ2) is 6.72. The topological polar surface area (TPSA) is 75.6 Å². The summed E-state index contributed by atoms with van der Waals surface area (Å²) in [7, 11) is -1.86. The van der Waals surface area contributed by atoms with Crippen LogP contribution in [0.3, 0.4) is 0 Å². The monoisotopic (exact) mass is 273 g/mol. The second-order valence-corrected chi connectivity index (χ2v) is 6.18. The quantitative estimate of drug-likeness (QED) is 0.760. The van der Waals surface area contributed by atoms with Gasteiger partial charge < -0.3 is 9.84 Å². The van der Waals surface area contributed by atoms with Crippen molar-refractivity contribution in [3.63, 3.8) is 0 Å². The molecule has 0 aliphatic carbocycles. The first kappa shape index (κ1) is 14.9. The second-order valence-electron chi connectivity index (χ2n) is 3.99. The van der Waals surface area contributed by atoms with Crippen LogP contribution in [0.4, 0.5) is 0 Å². The smallest absolute Gasteiger partial charge is 0.216 e. The molecule has 0 saturated heterocycles. The van der Waals surface area contributed by atoms with Crippen LogP contribution in [-0.4, -0.2) is 39.0 Å². The number of aliphatic hydroxyl groups is 1. The van der Waals surface area contributed by atoms with Gasteiger partial charge in [-0.1, -0.05) is 18.2 Å². The molecule has 0 spiro atoms. The van der Waals surface area contributed by atoms with Gasteiger partial charge in [0.25, 0.3) is 0 Å². The molecule has 1 aromatic carbocycles. The van der Waals surface area contributed by atoms with Crippen LogP contribution in [-0.2, 0) is 16.4 Å². The Balaban J connectivity index is 2.57. The predicted molar refractivity (Wildman–Crippen MR) is 70.2 cm³/mol. The molecule has 1 atom stereocenters. The molecule has 1 aromatic rings. The SMILES string of the molecule is COc1ccccc1CCNS(=O)(=O)C(C)CO. The minimum Gasteiger partial charge on any atom is -0.496 e. The third-order valence-electron chi connectivity index (χ3n) is 2.68. The van der Waals surface area contributed by atoms with Crippen LogP contribution in [0.2, 0.25) is 0 Å². The minimum absolute atomic E-state index is 0.285. The number of para-hydroxylation sites is 1. The van der Waals surface area contributed by atoms with Crippen molar-refractivity contribution in [3.05, 3.63) is 29.8 Å². The number of hydrogen-bond donors (Lipinski definition) is 2. The first-order valence-corrected chi connectivity index (χ1v) is 7.27. The average Bonchev–Trinajstić information content (AvgIpc) is 2.38. The number of nitrogens with one attached hydrogen (secondary N) is 1. The van der Waals surface area contributed by atoms with E-state index in [9.17, 15) is 8.42 Å². The molecule has 0 radical (unpaired) electrons. The largest absolute Gasteiger partial charge is 0.496 e. The molecule has 0 amide bonds. The lowest BCUT2D eigenvalue weighted by Gasteiger charge is -2.12. The lowest BCUT2D eigenvalue weighted by Crippen LogP contribution is -2.35. The van der Waals surface area contributed by atoms with Gasteiger partial charge in [0, 0.05) is 6.54 Å². The van der Waals surface area contributed by atoms with Gasteiger partial charge in [-0.25, -0.2) is 13.1 Å². The summed E-state index contributed by atoms with van der Waals surface area (Å²) in [5, 5.41) is 8.03. The Morgan fingerprint density at radius 2 is 2.06 bits per heavy atom. The van der Waals surface area contributed by atoms with Gasteiger partial charge in [0.2, 0.25) is 10.0 Å². The van der Waals surface area contributed by atoms with Gasteiger partial charge in [0.1, 0.15) is 5.75 Å². The van der Waals surface area contributed by atoms with E-state index in [1.54, 1.807) is 7.11 Å². The Hall–Kier alpha value is -1.11. The summed E-state index contributed by atoms with van der Waals surface area (Å²) in [6, 6.07) is 7.46. The number of sulfonamides is 1. The third-order valence-corrected chi connectivity index (χ3v) is 4.49. The van der Waals surface area contributed by atoms with Crippen molar-refractivity contribution < 1.29 is 18.3 Å². The molecule has 0 saturated carbocycles. The molecule has 0 aromatic heterocycles. The Morgan fingerprint density at radius 1 is 1.39 bits per heavy atom. The van der Waals surface area contributed by atoms with Crippen LogP contribution in [0.5, 0.6) is 5.75 Å². The zero-order chi connectivity index (χ0) is 13.6. The molecule has 0 heterocycles. The molecule has 102 valence electrons. The molecule has 2 N–H and O–H groups in total. The minimum atomic E-state index is -3.44. The Bertz CT molecular complexity index is 473. The van der Waals surface area contributed by atoms with Crippen LogP contribution in [0.1, 0.15) is 12.5 Å². The zero-order valence-electron chi connectivity index (χ0n) is 10.6. The first-order valence-electron chi connectivity index (χ1n) is 5.72. The maximum atomic E-state index is 11.6. The maximum absolute atomic E-state index is 11.6. The summed E-state index contributed by atoms with van der Waals surface area (Å²) in [4.78, 5) is 0. The van der Waals surface area contributed by atoms with E-state index in [1.165, 1.54) is 6.92 Å². The van der Waals surface area contributed by atoms with E-state index >= 15 is 0 Å². The lowest BCUT2D eigenvalue weighted by atomic mass is 10.1. The number of rotatable bonds is 7. The summed E-state index contributed by atoms with van der Waals surface area (Å²) in [5.74, 6) is 0.743. The molecular weight excluding hydrogens is 254 g/mol. The van der Waals surface area contributed by atoms with Gasteiger partial charge >= 0.3 is 0 Å². The molecule has 0 aliphatic heterocycles. The lowest BCUT2D eigenvalue weighted by molar-refractivity contribution is 0.295. The third kappa shape index (κ3) is 3.97. The Morgan fingerprint density at radius 3 is 2.67 bits per heavy atom. The highest BCUT2D eigenvalue weighted by molar-refractivity contribution is 7.90. The van der Waals surface area contributed by atoms with E-state index in [-0.39, 0.29) is 13.2 Å². The first-order chi connectivity index (χ1) is 8.51. The molecule has 0 fully saturated rings. The fraction of sp³-hybridized carbons (Fsp3) is 0.500. The molecule has 0 aliphatic rings. The molecule has 1 unspecified atom stereocenters. The molecule has 18 heavy (non-hydrogen) atoms. The van der Waals surface area contributed by atoms with E-state index < -0.39 is 15.3 Å².